The smallest absolute Gasteiger partial charge is 0.438 e. The predicted octanol–water partition coefficient (Wildman–Crippen LogP) is 4.11. The summed E-state index contributed by atoms with van der Waals surface area (Å²) in [5.41, 5.74) is 0. The van der Waals surface area contributed by atoms with E-state index in [1.807, 2.05) is 0 Å². The first-order valence-electron chi connectivity index (χ1n) is 7.28. The molecule has 0 fully saturated rings. The summed E-state index contributed by atoms with van der Waals surface area (Å²) < 4.78 is 9.67. The maximum atomic E-state index is 11.4. The Balaban J connectivity index is 4.05. The molecule has 0 aliphatic rings. The molecular weight excluding hydrogens is 244 g/mol. The van der Waals surface area contributed by atoms with Gasteiger partial charge in [0.2, 0.25) is 0 Å². The molecule has 0 radical (unpaired) electrons. The van der Waals surface area contributed by atoms with Crippen molar-refractivity contribution in [2.24, 2.45) is 5.92 Å². The molecule has 19 heavy (non-hydrogen) atoms. The van der Waals surface area contributed by atoms with Crippen molar-refractivity contribution in [1.82, 2.24) is 0 Å². The second kappa shape index (κ2) is 10.8. The predicted molar refractivity (Wildman–Crippen MR) is 75.1 cm³/mol. The van der Waals surface area contributed by atoms with E-state index in [2.05, 4.69) is 11.7 Å². The highest BCUT2D eigenvalue weighted by Gasteiger charge is 2.24. The van der Waals surface area contributed by atoms with Crippen molar-refractivity contribution in [2.45, 2.75) is 71.8 Å². The van der Waals surface area contributed by atoms with E-state index in [4.69, 9.17) is 4.74 Å². The number of methoxy groups -OCH3 is 1. The summed E-state index contributed by atoms with van der Waals surface area (Å²) in [5.74, 6) is -0.227. The summed E-state index contributed by atoms with van der Waals surface area (Å²) in [6, 6.07) is 0. The first-order chi connectivity index (χ1) is 9.02. The fraction of sp³-hybridized carbons (Fsp3) is 0.867. The van der Waals surface area contributed by atoms with E-state index >= 15 is 0 Å². The molecule has 0 saturated heterocycles. The molecule has 4 heteroatoms. The Labute approximate surface area is 116 Å². The van der Waals surface area contributed by atoms with Crippen molar-refractivity contribution in [3.63, 3.8) is 0 Å². The van der Waals surface area contributed by atoms with Crippen molar-refractivity contribution in [3.8, 4) is 0 Å². The molecule has 0 aromatic heterocycles. The minimum absolute atomic E-state index is 0.0416. The fourth-order valence-electron chi connectivity index (χ4n) is 1.97. The van der Waals surface area contributed by atoms with Crippen LogP contribution in [0.3, 0.4) is 0 Å². The number of hydrogen-bond donors (Lipinski definition) is 0. The van der Waals surface area contributed by atoms with Gasteiger partial charge >= 0.3 is 6.16 Å². The molecule has 0 saturated carbocycles. The van der Waals surface area contributed by atoms with Gasteiger partial charge in [0.15, 0.2) is 0 Å². The molecule has 0 aliphatic heterocycles. The highest BCUT2D eigenvalue weighted by Crippen LogP contribution is 2.18. The minimum Gasteiger partial charge on any atom is -0.438 e. The molecule has 0 heterocycles. The summed E-state index contributed by atoms with van der Waals surface area (Å²) in [4.78, 5) is 22.6. The van der Waals surface area contributed by atoms with Gasteiger partial charge in [-0.25, -0.2) is 4.79 Å². The van der Waals surface area contributed by atoms with Gasteiger partial charge in [-0.1, -0.05) is 46.0 Å². The third kappa shape index (κ3) is 8.62. The van der Waals surface area contributed by atoms with Crippen LogP contribution in [0.25, 0.3) is 0 Å². The van der Waals surface area contributed by atoms with Gasteiger partial charge in [0.05, 0.1) is 13.0 Å². The van der Waals surface area contributed by atoms with Crippen LogP contribution in [-0.4, -0.2) is 25.2 Å². The lowest BCUT2D eigenvalue weighted by molar-refractivity contribution is -0.124. The zero-order valence-corrected chi connectivity index (χ0v) is 12.7. The molecule has 112 valence electrons. The van der Waals surface area contributed by atoms with Gasteiger partial charge in [0.1, 0.15) is 11.9 Å². The maximum absolute atomic E-state index is 11.4. The van der Waals surface area contributed by atoms with Crippen molar-refractivity contribution in [2.75, 3.05) is 7.11 Å². The van der Waals surface area contributed by atoms with Crippen LogP contribution in [0, 0.1) is 5.92 Å². The zero-order valence-electron chi connectivity index (χ0n) is 12.7. The lowest BCUT2D eigenvalue weighted by atomic mass is 9.95. The van der Waals surface area contributed by atoms with E-state index < -0.39 is 6.16 Å². The van der Waals surface area contributed by atoms with E-state index in [1.165, 1.54) is 39.7 Å². The molecule has 0 bridgehead atoms. The van der Waals surface area contributed by atoms with Crippen LogP contribution in [0.5, 0.6) is 0 Å². The van der Waals surface area contributed by atoms with Crippen molar-refractivity contribution < 1.29 is 19.1 Å². The summed E-state index contributed by atoms with van der Waals surface area (Å²) in [7, 11) is 1.28. The number of unbranched alkanes of at least 4 members (excludes halogenated alkanes) is 5. The highest BCUT2D eigenvalue weighted by molar-refractivity contribution is 5.78. The van der Waals surface area contributed by atoms with Gasteiger partial charge in [-0.15, -0.1) is 0 Å². The average Bonchev–Trinajstić information content (AvgIpc) is 2.39. The van der Waals surface area contributed by atoms with Crippen LogP contribution in [0.1, 0.15) is 65.7 Å². The Kier molecular flexibility index (Phi) is 10.2. The van der Waals surface area contributed by atoms with E-state index in [0.717, 1.165) is 19.3 Å². The molecule has 2 atom stereocenters. The number of rotatable bonds is 10. The molecule has 0 N–H and O–H groups in total. The van der Waals surface area contributed by atoms with Crippen molar-refractivity contribution in [3.05, 3.63) is 0 Å². The lowest BCUT2D eigenvalue weighted by Gasteiger charge is -2.21. The van der Waals surface area contributed by atoms with E-state index in [9.17, 15) is 9.59 Å². The summed E-state index contributed by atoms with van der Waals surface area (Å²) in [5, 5.41) is 0. The number of carbonyl (C=O) groups excluding carboxylic acids is 2. The first kappa shape index (κ1) is 17.9. The van der Waals surface area contributed by atoms with Gasteiger partial charge in [0, 0.05) is 0 Å². The standard InChI is InChI=1S/C15H28O4/c1-5-6-7-8-9-10-11-14(12(2)13(3)16)19-15(17)18-4/h12,14H,5-11H2,1-4H3/t12-,14+/m1/s1. The van der Waals surface area contributed by atoms with Crippen LogP contribution in [-0.2, 0) is 14.3 Å². The number of ether oxygens (including phenoxy) is 2. The molecule has 0 aromatic carbocycles. The van der Waals surface area contributed by atoms with Crippen LogP contribution in [0.15, 0.2) is 0 Å². The van der Waals surface area contributed by atoms with Crippen molar-refractivity contribution >= 4 is 11.9 Å². The number of ketones is 1. The average molecular weight is 272 g/mol. The van der Waals surface area contributed by atoms with Gasteiger partial charge in [-0.05, 0) is 19.8 Å². The van der Waals surface area contributed by atoms with E-state index in [-0.39, 0.29) is 17.8 Å². The molecular formula is C15H28O4. The third-order valence-electron chi connectivity index (χ3n) is 3.46. The Morgan fingerprint density at radius 3 is 2.16 bits per heavy atom. The first-order valence-corrected chi connectivity index (χ1v) is 7.28. The summed E-state index contributed by atoms with van der Waals surface area (Å²) in [6.07, 6.45) is 6.70. The monoisotopic (exact) mass is 272 g/mol. The molecule has 0 spiro atoms. The van der Waals surface area contributed by atoms with E-state index in [0.29, 0.717) is 0 Å². The highest BCUT2D eigenvalue weighted by atomic mass is 16.7. The normalized spacial score (nSPS) is 13.7. The van der Waals surface area contributed by atoms with Gasteiger partial charge in [-0.2, -0.15) is 0 Å². The fourth-order valence-corrected chi connectivity index (χ4v) is 1.97. The number of Topliss-reactive ketones (excluding diaryl/α,β-unsaturated/α-hetero) is 1. The van der Waals surface area contributed by atoms with Gasteiger partial charge < -0.3 is 9.47 Å². The second-order valence-corrected chi connectivity index (χ2v) is 5.07. The van der Waals surface area contributed by atoms with Crippen LogP contribution in [0.4, 0.5) is 4.79 Å². The molecule has 0 rings (SSSR count). The van der Waals surface area contributed by atoms with E-state index in [1.54, 1.807) is 6.92 Å². The van der Waals surface area contributed by atoms with Crippen LogP contribution < -0.4 is 0 Å². The number of carbonyl (C=O) groups is 2. The molecule has 0 amide bonds. The largest absolute Gasteiger partial charge is 0.508 e. The zero-order chi connectivity index (χ0) is 14.7. The minimum atomic E-state index is -0.705. The molecule has 0 aromatic rings. The topological polar surface area (TPSA) is 52.6 Å². The SMILES string of the molecule is CCCCCCCC[C@H](OC(=O)OC)[C@H](C)C(C)=O. The Morgan fingerprint density at radius 1 is 1.05 bits per heavy atom. The second-order valence-electron chi connectivity index (χ2n) is 5.07. The third-order valence-corrected chi connectivity index (χ3v) is 3.46. The van der Waals surface area contributed by atoms with Gasteiger partial charge in [-0.3, -0.25) is 4.79 Å². The number of hydrogen-bond acceptors (Lipinski definition) is 4. The Bertz CT molecular complexity index is 263. The summed E-state index contributed by atoms with van der Waals surface area (Å²) in [6.45, 7) is 5.52. The Morgan fingerprint density at radius 2 is 1.63 bits per heavy atom. The lowest BCUT2D eigenvalue weighted by Crippen LogP contribution is -2.29. The van der Waals surface area contributed by atoms with Crippen LogP contribution >= 0.6 is 0 Å². The van der Waals surface area contributed by atoms with Crippen molar-refractivity contribution in [1.29, 1.82) is 0 Å². The molecule has 0 aliphatic carbocycles. The Hall–Kier alpha value is -1.06. The maximum Gasteiger partial charge on any atom is 0.508 e. The van der Waals surface area contributed by atoms with Gasteiger partial charge in [0.25, 0.3) is 0 Å². The summed E-state index contributed by atoms with van der Waals surface area (Å²) >= 11 is 0. The van der Waals surface area contributed by atoms with Crippen LogP contribution in [0.2, 0.25) is 0 Å². The molecule has 4 nitrogen and oxygen atoms in total. The molecule has 0 unspecified atom stereocenters. The quantitative estimate of drug-likeness (QED) is 0.443.